The SMILES string of the molecule is Cc1cccc(OCC2CCCN(C(=O)c3nn(C)c4c3CCCC4)C2)c1. The van der Waals surface area contributed by atoms with E-state index in [0.29, 0.717) is 18.2 Å². The highest BCUT2D eigenvalue weighted by molar-refractivity contribution is 5.94. The molecule has 1 unspecified atom stereocenters. The number of benzene rings is 1. The summed E-state index contributed by atoms with van der Waals surface area (Å²) in [4.78, 5) is 15.1. The van der Waals surface area contributed by atoms with Crippen LogP contribution in [-0.2, 0) is 19.9 Å². The number of fused-ring (bicyclic) bond motifs is 1. The Hall–Kier alpha value is -2.30. The number of likely N-dealkylation sites (tertiary alicyclic amines) is 1. The number of hydrogen-bond donors (Lipinski definition) is 0. The number of carbonyl (C=O) groups is 1. The lowest BCUT2D eigenvalue weighted by molar-refractivity contribution is 0.0625. The Morgan fingerprint density at radius 3 is 2.96 bits per heavy atom. The lowest BCUT2D eigenvalue weighted by atomic mass is 9.94. The Morgan fingerprint density at radius 1 is 1.26 bits per heavy atom. The fourth-order valence-corrected chi connectivity index (χ4v) is 4.40. The number of ether oxygens (including phenoxy) is 1. The fourth-order valence-electron chi connectivity index (χ4n) is 4.40. The molecular weight excluding hydrogens is 338 g/mol. The third kappa shape index (κ3) is 3.87. The van der Waals surface area contributed by atoms with E-state index >= 15 is 0 Å². The zero-order valence-corrected chi connectivity index (χ0v) is 16.4. The van der Waals surface area contributed by atoms with Crippen molar-refractivity contribution in [3.8, 4) is 5.75 Å². The van der Waals surface area contributed by atoms with Gasteiger partial charge in [0.05, 0.1) is 6.61 Å². The summed E-state index contributed by atoms with van der Waals surface area (Å²) in [6, 6.07) is 8.15. The first-order valence-electron chi connectivity index (χ1n) is 10.2. The van der Waals surface area contributed by atoms with Crippen LogP contribution in [0.1, 0.15) is 53.0 Å². The molecule has 27 heavy (non-hydrogen) atoms. The molecule has 1 aliphatic heterocycles. The van der Waals surface area contributed by atoms with E-state index in [1.54, 1.807) is 0 Å². The van der Waals surface area contributed by atoms with E-state index in [4.69, 9.17) is 4.74 Å². The molecular formula is C22H29N3O2. The number of aromatic nitrogens is 2. The molecule has 4 rings (SSSR count). The van der Waals surface area contributed by atoms with Crippen LogP contribution in [0, 0.1) is 12.8 Å². The second-order valence-corrected chi connectivity index (χ2v) is 7.99. The molecule has 5 nitrogen and oxygen atoms in total. The average Bonchev–Trinajstić information content (AvgIpc) is 3.03. The molecule has 2 aromatic rings. The smallest absolute Gasteiger partial charge is 0.274 e. The Morgan fingerprint density at radius 2 is 2.11 bits per heavy atom. The molecule has 0 saturated carbocycles. The molecule has 1 atom stereocenters. The van der Waals surface area contributed by atoms with Crippen molar-refractivity contribution in [2.75, 3.05) is 19.7 Å². The van der Waals surface area contributed by atoms with Gasteiger partial charge in [-0.25, -0.2) is 0 Å². The van der Waals surface area contributed by atoms with Crippen molar-refractivity contribution in [2.45, 2.75) is 45.4 Å². The Bertz CT molecular complexity index is 827. The van der Waals surface area contributed by atoms with Crippen molar-refractivity contribution < 1.29 is 9.53 Å². The lowest BCUT2D eigenvalue weighted by Crippen LogP contribution is -2.42. The normalized spacial score (nSPS) is 19.6. The minimum Gasteiger partial charge on any atom is -0.493 e. The molecule has 2 heterocycles. The van der Waals surface area contributed by atoms with Gasteiger partial charge in [-0.1, -0.05) is 12.1 Å². The van der Waals surface area contributed by atoms with E-state index in [1.165, 1.54) is 23.2 Å². The van der Waals surface area contributed by atoms with Gasteiger partial charge in [0.1, 0.15) is 5.75 Å². The maximum Gasteiger partial charge on any atom is 0.274 e. The van der Waals surface area contributed by atoms with Gasteiger partial charge in [0.15, 0.2) is 5.69 Å². The van der Waals surface area contributed by atoms with Gasteiger partial charge >= 0.3 is 0 Å². The summed E-state index contributed by atoms with van der Waals surface area (Å²) in [5.74, 6) is 1.40. The highest BCUT2D eigenvalue weighted by Gasteiger charge is 2.30. The zero-order valence-electron chi connectivity index (χ0n) is 16.4. The molecule has 1 amide bonds. The van der Waals surface area contributed by atoms with Crippen molar-refractivity contribution in [1.29, 1.82) is 0 Å². The molecule has 1 fully saturated rings. The maximum absolute atomic E-state index is 13.2. The van der Waals surface area contributed by atoms with Crippen molar-refractivity contribution in [3.05, 3.63) is 46.8 Å². The summed E-state index contributed by atoms with van der Waals surface area (Å²) < 4.78 is 7.92. The van der Waals surface area contributed by atoms with Gasteiger partial charge in [-0.2, -0.15) is 5.10 Å². The summed E-state index contributed by atoms with van der Waals surface area (Å²) in [7, 11) is 1.97. The second-order valence-electron chi connectivity index (χ2n) is 7.99. The number of hydrogen-bond acceptors (Lipinski definition) is 3. The van der Waals surface area contributed by atoms with Gasteiger partial charge in [0.25, 0.3) is 5.91 Å². The molecule has 2 aliphatic rings. The minimum absolute atomic E-state index is 0.106. The standard InChI is InChI=1S/C22H29N3O2/c1-16-7-5-9-18(13-16)27-15-17-8-6-12-25(14-17)22(26)21-19-10-3-4-11-20(19)24(2)23-21/h5,7,9,13,17H,3-4,6,8,10-12,14-15H2,1-2H3. The second kappa shape index (κ2) is 7.75. The third-order valence-corrected chi connectivity index (χ3v) is 5.85. The summed E-state index contributed by atoms with van der Waals surface area (Å²) in [6.07, 6.45) is 6.52. The zero-order chi connectivity index (χ0) is 18.8. The van der Waals surface area contributed by atoms with Gasteiger partial charge < -0.3 is 9.64 Å². The van der Waals surface area contributed by atoms with Crippen LogP contribution in [0.25, 0.3) is 0 Å². The van der Waals surface area contributed by atoms with Gasteiger partial charge in [0, 0.05) is 37.3 Å². The monoisotopic (exact) mass is 367 g/mol. The Balaban J connectivity index is 1.41. The Labute approximate surface area is 161 Å². The molecule has 1 aromatic heterocycles. The van der Waals surface area contributed by atoms with E-state index in [0.717, 1.165) is 50.9 Å². The predicted molar refractivity (Wildman–Crippen MR) is 105 cm³/mol. The first-order valence-corrected chi connectivity index (χ1v) is 10.2. The molecule has 0 bridgehead atoms. The summed E-state index contributed by atoms with van der Waals surface area (Å²) in [5, 5.41) is 4.59. The molecule has 1 saturated heterocycles. The number of amides is 1. The van der Waals surface area contributed by atoms with Gasteiger partial charge in [-0.05, 0) is 63.1 Å². The molecule has 1 aromatic carbocycles. The largest absolute Gasteiger partial charge is 0.493 e. The van der Waals surface area contributed by atoms with E-state index in [-0.39, 0.29) is 5.91 Å². The quantitative estimate of drug-likeness (QED) is 0.830. The molecule has 0 radical (unpaired) electrons. The third-order valence-electron chi connectivity index (χ3n) is 5.85. The van der Waals surface area contributed by atoms with Crippen LogP contribution in [0.15, 0.2) is 24.3 Å². The molecule has 144 valence electrons. The first-order chi connectivity index (χ1) is 13.1. The summed E-state index contributed by atoms with van der Waals surface area (Å²) in [6.45, 7) is 4.32. The molecule has 1 aliphatic carbocycles. The van der Waals surface area contributed by atoms with Crippen molar-refractivity contribution in [1.82, 2.24) is 14.7 Å². The number of rotatable bonds is 4. The Kier molecular flexibility index (Phi) is 5.19. The maximum atomic E-state index is 13.2. The number of nitrogens with zero attached hydrogens (tertiary/aromatic N) is 3. The van der Waals surface area contributed by atoms with E-state index in [1.807, 2.05) is 28.8 Å². The van der Waals surface area contributed by atoms with Gasteiger partial charge in [-0.15, -0.1) is 0 Å². The average molecular weight is 367 g/mol. The van der Waals surface area contributed by atoms with Gasteiger partial charge in [0.2, 0.25) is 0 Å². The van der Waals surface area contributed by atoms with Crippen molar-refractivity contribution >= 4 is 5.91 Å². The van der Waals surface area contributed by atoms with E-state index in [9.17, 15) is 4.79 Å². The number of piperidine rings is 1. The number of aryl methyl sites for hydroxylation is 2. The van der Waals surface area contributed by atoms with Crippen LogP contribution in [0.4, 0.5) is 0 Å². The van der Waals surface area contributed by atoms with Crippen molar-refractivity contribution in [2.24, 2.45) is 13.0 Å². The summed E-state index contributed by atoms with van der Waals surface area (Å²) in [5.41, 5.74) is 4.33. The summed E-state index contributed by atoms with van der Waals surface area (Å²) >= 11 is 0. The van der Waals surface area contributed by atoms with Crippen LogP contribution < -0.4 is 4.74 Å². The van der Waals surface area contributed by atoms with E-state index in [2.05, 4.69) is 24.2 Å². The topological polar surface area (TPSA) is 47.4 Å². The lowest BCUT2D eigenvalue weighted by Gasteiger charge is -2.32. The molecule has 0 spiro atoms. The van der Waals surface area contributed by atoms with Crippen LogP contribution in [0.5, 0.6) is 5.75 Å². The highest BCUT2D eigenvalue weighted by Crippen LogP contribution is 2.26. The fraction of sp³-hybridized carbons (Fsp3) is 0.545. The van der Waals surface area contributed by atoms with Crippen LogP contribution in [0.3, 0.4) is 0 Å². The van der Waals surface area contributed by atoms with Crippen LogP contribution >= 0.6 is 0 Å². The van der Waals surface area contributed by atoms with Crippen molar-refractivity contribution in [3.63, 3.8) is 0 Å². The number of carbonyl (C=O) groups excluding carboxylic acids is 1. The first kappa shape index (κ1) is 18.1. The highest BCUT2D eigenvalue weighted by atomic mass is 16.5. The van der Waals surface area contributed by atoms with Crippen LogP contribution in [0.2, 0.25) is 0 Å². The van der Waals surface area contributed by atoms with E-state index < -0.39 is 0 Å². The van der Waals surface area contributed by atoms with Crippen LogP contribution in [-0.4, -0.2) is 40.3 Å². The minimum atomic E-state index is 0.106. The molecule has 0 N–H and O–H groups in total. The predicted octanol–water partition coefficient (Wildman–Crippen LogP) is 3.54. The van der Waals surface area contributed by atoms with Gasteiger partial charge in [-0.3, -0.25) is 9.48 Å². The molecule has 5 heteroatoms.